The monoisotopic (exact) mass is 403 g/mol. The number of rotatable bonds is 0. The zero-order chi connectivity index (χ0) is 20.4. The summed E-state index contributed by atoms with van der Waals surface area (Å²) in [5.41, 5.74) is 3.93. The lowest BCUT2D eigenvalue weighted by molar-refractivity contribution is 0.474. The Bertz CT molecular complexity index is 2020. The molecule has 4 aromatic carbocycles. The van der Waals surface area contributed by atoms with Crippen molar-refractivity contribution in [2.24, 2.45) is 0 Å². The highest BCUT2D eigenvalue weighted by molar-refractivity contribution is 6.31. The van der Waals surface area contributed by atoms with E-state index in [1.54, 1.807) is 24.3 Å². The maximum atomic E-state index is 9.91. The number of aromatic nitrogens is 1. The predicted molar refractivity (Wildman–Crippen MR) is 121 cm³/mol. The largest absolute Gasteiger partial charge is 0.508 e. The Hall–Kier alpha value is -4.38. The minimum Gasteiger partial charge on any atom is -0.508 e. The second-order valence-electron chi connectivity index (χ2n) is 8.16. The molecule has 5 nitrogen and oxygen atoms in total. The molecule has 0 radical (unpaired) electrons. The number of nitrogens with zero attached hydrogens (tertiary/aromatic N) is 1. The third-order valence-electron chi connectivity index (χ3n) is 6.47. The van der Waals surface area contributed by atoms with Crippen molar-refractivity contribution < 1.29 is 19.0 Å². The molecule has 8 rings (SSSR count). The van der Waals surface area contributed by atoms with Crippen LogP contribution in [0.1, 0.15) is 0 Å². The van der Waals surface area contributed by atoms with Crippen LogP contribution in [0.3, 0.4) is 0 Å². The number of phenols is 2. The lowest BCUT2D eigenvalue weighted by Gasteiger charge is -1.99. The number of para-hydroxylation sites is 1. The molecule has 8 aromatic rings. The summed E-state index contributed by atoms with van der Waals surface area (Å²) in [6.45, 7) is 0. The van der Waals surface area contributed by atoms with Crippen molar-refractivity contribution in [2.75, 3.05) is 0 Å². The number of hydrogen-bond donors (Lipinski definition) is 2. The van der Waals surface area contributed by atoms with Crippen LogP contribution in [-0.2, 0) is 0 Å². The molecule has 0 amide bonds. The van der Waals surface area contributed by atoms with Gasteiger partial charge >= 0.3 is 0 Å². The molecule has 4 heterocycles. The van der Waals surface area contributed by atoms with E-state index >= 15 is 0 Å². The van der Waals surface area contributed by atoms with E-state index in [1.807, 2.05) is 18.2 Å². The summed E-state index contributed by atoms with van der Waals surface area (Å²) in [6.07, 6.45) is 0. The third-order valence-corrected chi connectivity index (χ3v) is 6.47. The Balaban J connectivity index is 1.65. The van der Waals surface area contributed by atoms with Crippen molar-refractivity contribution in [1.82, 2.24) is 4.40 Å². The second kappa shape index (κ2) is 4.84. The number of benzene rings is 4. The molecular formula is C26H13NO4. The van der Waals surface area contributed by atoms with Gasteiger partial charge in [0.1, 0.15) is 22.7 Å². The average molecular weight is 403 g/mol. The second-order valence-corrected chi connectivity index (χ2v) is 8.16. The van der Waals surface area contributed by atoms with Crippen LogP contribution < -0.4 is 0 Å². The molecule has 2 N–H and O–H groups in total. The van der Waals surface area contributed by atoms with Crippen LogP contribution >= 0.6 is 0 Å². The maximum absolute atomic E-state index is 9.91. The quantitative estimate of drug-likeness (QED) is 0.289. The fourth-order valence-corrected chi connectivity index (χ4v) is 5.21. The van der Waals surface area contributed by atoms with Gasteiger partial charge < -0.3 is 19.0 Å². The Kier molecular flexibility index (Phi) is 2.42. The first-order valence-electron chi connectivity index (χ1n) is 10.1. The Morgan fingerprint density at radius 1 is 0.581 bits per heavy atom. The zero-order valence-electron chi connectivity index (χ0n) is 16.0. The van der Waals surface area contributed by atoms with E-state index in [9.17, 15) is 10.2 Å². The highest BCUT2D eigenvalue weighted by Gasteiger charge is 2.25. The van der Waals surface area contributed by atoms with Crippen LogP contribution in [-0.4, -0.2) is 14.6 Å². The van der Waals surface area contributed by atoms with Crippen LogP contribution in [0.4, 0.5) is 0 Å². The van der Waals surface area contributed by atoms with Crippen LogP contribution in [0, 0.1) is 0 Å². The molecule has 0 saturated carbocycles. The first-order chi connectivity index (χ1) is 15.2. The molecule has 0 spiro atoms. The highest BCUT2D eigenvalue weighted by Crippen LogP contribution is 2.46. The molecule has 0 aliphatic carbocycles. The van der Waals surface area contributed by atoms with Crippen LogP contribution in [0.5, 0.6) is 11.5 Å². The Morgan fingerprint density at radius 2 is 1.26 bits per heavy atom. The average Bonchev–Trinajstić information content (AvgIpc) is 3.46. The van der Waals surface area contributed by atoms with Gasteiger partial charge in [0.2, 0.25) is 11.4 Å². The topological polar surface area (TPSA) is 71.2 Å². The summed E-state index contributed by atoms with van der Waals surface area (Å²) in [5.74, 6) is 0.408. The molecule has 4 aromatic heterocycles. The van der Waals surface area contributed by atoms with Gasteiger partial charge in [-0.05, 0) is 47.2 Å². The van der Waals surface area contributed by atoms with Crippen molar-refractivity contribution >= 4 is 71.2 Å². The van der Waals surface area contributed by atoms with Crippen molar-refractivity contribution in [2.45, 2.75) is 0 Å². The number of phenolic OH excluding ortho intramolecular Hbond substituents is 2. The maximum Gasteiger partial charge on any atom is 0.216 e. The Labute approximate surface area is 173 Å². The normalized spacial score (nSPS) is 12.8. The van der Waals surface area contributed by atoms with Crippen molar-refractivity contribution in [3.8, 4) is 11.5 Å². The molecule has 0 atom stereocenters. The van der Waals surface area contributed by atoms with Gasteiger partial charge in [-0.3, -0.25) is 0 Å². The summed E-state index contributed by atoms with van der Waals surface area (Å²) >= 11 is 0. The zero-order valence-corrected chi connectivity index (χ0v) is 16.0. The molecule has 0 aliphatic rings. The van der Waals surface area contributed by atoms with Crippen LogP contribution in [0.25, 0.3) is 71.2 Å². The smallest absolute Gasteiger partial charge is 0.216 e. The van der Waals surface area contributed by atoms with Gasteiger partial charge in [-0.2, -0.15) is 0 Å². The van der Waals surface area contributed by atoms with Crippen molar-refractivity contribution in [3.63, 3.8) is 0 Å². The lowest BCUT2D eigenvalue weighted by Crippen LogP contribution is -1.76. The standard InChI is InChI=1S/C26H13NO4/c28-14-5-4-12-9-19-20(10-13(12)8-14)30-26-23(19)18-3-1-2-17-22-16-7-6-15(29)11-21(16)31-25(22)27(26)24(17)18/h1-11,28-29H. The van der Waals surface area contributed by atoms with Gasteiger partial charge in [0, 0.05) is 27.6 Å². The fourth-order valence-electron chi connectivity index (χ4n) is 5.21. The van der Waals surface area contributed by atoms with Gasteiger partial charge in [-0.25, -0.2) is 4.40 Å². The van der Waals surface area contributed by atoms with E-state index in [0.717, 1.165) is 59.9 Å². The van der Waals surface area contributed by atoms with Crippen molar-refractivity contribution in [1.29, 1.82) is 0 Å². The lowest BCUT2D eigenvalue weighted by atomic mass is 10.0. The van der Waals surface area contributed by atoms with E-state index in [1.165, 1.54) is 0 Å². The summed E-state index contributed by atoms with van der Waals surface area (Å²) in [5, 5.41) is 28.0. The SMILES string of the molecule is Oc1ccc2cc3c(cc2c1)oc1c3c2cccc3c4c5ccc(O)cc5oc4n1c32. The molecule has 0 unspecified atom stereocenters. The molecular weight excluding hydrogens is 390 g/mol. The van der Waals surface area contributed by atoms with Crippen LogP contribution in [0.15, 0.2) is 75.6 Å². The minimum absolute atomic E-state index is 0.176. The van der Waals surface area contributed by atoms with E-state index in [-0.39, 0.29) is 11.5 Å². The first kappa shape index (κ1) is 15.5. The van der Waals surface area contributed by atoms with E-state index < -0.39 is 0 Å². The van der Waals surface area contributed by atoms with Crippen molar-refractivity contribution in [3.05, 3.63) is 66.7 Å². The van der Waals surface area contributed by atoms with Gasteiger partial charge in [0.25, 0.3) is 0 Å². The number of aromatic hydroxyl groups is 2. The molecule has 5 heteroatoms. The minimum atomic E-state index is 0.176. The third kappa shape index (κ3) is 1.70. The van der Waals surface area contributed by atoms with E-state index in [2.05, 4.69) is 28.7 Å². The molecule has 146 valence electrons. The van der Waals surface area contributed by atoms with E-state index in [4.69, 9.17) is 8.83 Å². The molecule has 0 saturated heterocycles. The van der Waals surface area contributed by atoms with Gasteiger partial charge in [0.05, 0.1) is 16.3 Å². The molecule has 0 aliphatic heterocycles. The number of hydrogen-bond acceptors (Lipinski definition) is 4. The molecule has 0 fully saturated rings. The van der Waals surface area contributed by atoms with Crippen LogP contribution in [0.2, 0.25) is 0 Å². The summed E-state index contributed by atoms with van der Waals surface area (Å²) in [7, 11) is 0. The molecule has 0 bridgehead atoms. The first-order valence-corrected chi connectivity index (χ1v) is 10.1. The summed E-state index contributed by atoms with van der Waals surface area (Å²) < 4.78 is 14.7. The molecule has 31 heavy (non-hydrogen) atoms. The highest BCUT2D eigenvalue weighted by atomic mass is 16.4. The summed E-state index contributed by atoms with van der Waals surface area (Å²) in [6, 6.07) is 21.0. The van der Waals surface area contributed by atoms with E-state index in [0.29, 0.717) is 11.3 Å². The summed E-state index contributed by atoms with van der Waals surface area (Å²) in [4.78, 5) is 0. The van der Waals surface area contributed by atoms with Gasteiger partial charge in [-0.15, -0.1) is 0 Å². The van der Waals surface area contributed by atoms with Gasteiger partial charge in [-0.1, -0.05) is 24.3 Å². The number of furan rings is 2. The Morgan fingerprint density at radius 3 is 2.06 bits per heavy atom. The number of fused-ring (bicyclic) bond motifs is 11. The predicted octanol–water partition coefficient (Wildman–Crippen LogP) is 6.89. The fraction of sp³-hybridized carbons (Fsp3) is 0. The van der Waals surface area contributed by atoms with Gasteiger partial charge in [0.15, 0.2) is 0 Å².